The quantitative estimate of drug-likeness (QED) is 0.558. The van der Waals surface area contributed by atoms with Crippen molar-refractivity contribution in [3.63, 3.8) is 0 Å². The Labute approximate surface area is 111 Å². The zero-order valence-corrected chi connectivity index (χ0v) is 11.5. The van der Waals surface area contributed by atoms with Gasteiger partial charge in [0.2, 0.25) is 0 Å². The molecule has 0 aromatic carbocycles. The summed E-state index contributed by atoms with van der Waals surface area (Å²) in [5, 5.41) is 0. The van der Waals surface area contributed by atoms with Gasteiger partial charge in [-0.05, 0) is 37.5 Å². The summed E-state index contributed by atoms with van der Waals surface area (Å²) in [6.45, 7) is 5.60. The third kappa shape index (κ3) is 2.20. The average molecular weight is 249 g/mol. The fourth-order valence-corrected chi connectivity index (χ4v) is 4.92. The second-order valence-electron chi connectivity index (χ2n) is 6.31. The van der Waals surface area contributed by atoms with Crippen molar-refractivity contribution in [2.45, 2.75) is 63.5 Å². The first-order valence-corrected chi connectivity index (χ1v) is 7.90. The zero-order valence-electron chi connectivity index (χ0n) is 11.5. The van der Waals surface area contributed by atoms with Crippen molar-refractivity contribution in [3.8, 4) is 0 Å². The Balaban J connectivity index is 1.70. The summed E-state index contributed by atoms with van der Waals surface area (Å²) in [6, 6.07) is 1.75. The fraction of sp³-hybridized carbons (Fsp3) is 0.875. The van der Waals surface area contributed by atoms with Crippen molar-refractivity contribution in [1.82, 2.24) is 4.90 Å². The topological polar surface area (TPSA) is 12.5 Å². The standard InChI is InChI=1S/C16H27NO/c1-2-18-12-11-17-15-9-5-3-7-13(15)14-8-4-6-10-16(14)17/h2,13-16H,1,3-12H2. The van der Waals surface area contributed by atoms with Crippen LogP contribution in [0.25, 0.3) is 0 Å². The summed E-state index contributed by atoms with van der Waals surface area (Å²) in [4.78, 5) is 2.82. The lowest BCUT2D eigenvalue weighted by Gasteiger charge is -2.34. The van der Waals surface area contributed by atoms with Crippen molar-refractivity contribution < 1.29 is 4.74 Å². The average Bonchev–Trinajstić information content (AvgIpc) is 2.74. The molecule has 102 valence electrons. The highest BCUT2D eigenvalue weighted by Gasteiger charge is 2.49. The highest BCUT2D eigenvalue weighted by molar-refractivity contribution is 5.02. The van der Waals surface area contributed by atoms with Crippen molar-refractivity contribution in [2.24, 2.45) is 11.8 Å². The highest BCUT2D eigenvalue weighted by Crippen LogP contribution is 2.48. The third-order valence-electron chi connectivity index (χ3n) is 5.55. The summed E-state index contributed by atoms with van der Waals surface area (Å²) in [6.07, 6.45) is 13.3. The molecule has 1 aliphatic heterocycles. The highest BCUT2D eigenvalue weighted by atomic mass is 16.5. The van der Waals surface area contributed by atoms with Gasteiger partial charge in [-0.25, -0.2) is 0 Å². The van der Waals surface area contributed by atoms with Crippen LogP contribution in [0, 0.1) is 11.8 Å². The van der Waals surface area contributed by atoms with E-state index < -0.39 is 0 Å². The molecule has 2 saturated carbocycles. The molecule has 2 nitrogen and oxygen atoms in total. The van der Waals surface area contributed by atoms with E-state index in [0.717, 1.165) is 37.1 Å². The molecular weight excluding hydrogens is 222 g/mol. The van der Waals surface area contributed by atoms with E-state index in [4.69, 9.17) is 4.74 Å². The first-order chi connectivity index (χ1) is 8.92. The third-order valence-corrected chi connectivity index (χ3v) is 5.55. The minimum absolute atomic E-state index is 0.829. The van der Waals surface area contributed by atoms with Gasteiger partial charge in [-0.2, -0.15) is 0 Å². The monoisotopic (exact) mass is 249 g/mol. The first kappa shape index (κ1) is 12.5. The number of likely N-dealkylation sites (tertiary alicyclic amines) is 1. The maximum Gasteiger partial charge on any atom is 0.1000 e. The van der Waals surface area contributed by atoms with Crippen molar-refractivity contribution in [3.05, 3.63) is 12.8 Å². The number of fused-ring (bicyclic) bond motifs is 3. The van der Waals surface area contributed by atoms with Crippen LogP contribution in [0.3, 0.4) is 0 Å². The number of nitrogens with zero attached hydrogens (tertiary/aromatic N) is 1. The van der Waals surface area contributed by atoms with Gasteiger partial charge >= 0.3 is 0 Å². The van der Waals surface area contributed by atoms with E-state index in [1.54, 1.807) is 6.26 Å². The van der Waals surface area contributed by atoms with Crippen molar-refractivity contribution in [2.75, 3.05) is 13.2 Å². The van der Waals surface area contributed by atoms with Crippen molar-refractivity contribution in [1.29, 1.82) is 0 Å². The van der Waals surface area contributed by atoms with Crippen LogP contribution < -0.4 is 0 Å². The maximum absolute atomic E-state index is 5.38. The smallest absolute Gasteiger partial charge is 0.1000 e. The van der Waals surface area contributed by atoms with Crippen LogP contribution in [0.2, 0.25) is 0 Å². The summed E-state index contributed by atoms with van der Waals surface area (Å²) in [7, 11) is 0. The van der Waals surface area contributed by atoms with Gasteiger partial charge in [0.05, 0.1) is 12.9 Å². The Morgan fingerprint density at radius 2 is 1.50 bits per heavy atom. The van der Waals surface area contributed by atoms with Crippen molar-refractivity contribution >= 4 is 0 Å². The second-order valence-corrected chi connectivity index (χ2v) is 6.31. The van der Waals surface area contributed by atoms with E-state index in [1.165, 1.54) is 51.4 Å². The molecule has 4 atom stereocenters. The van der Waals surface area contributed by atoms with Gasteiger partial charge < -0.3 is 4.74 Å². The molecule has 0 radical (unpaired) electrons. The van der Waals surface area contributed by atoms with E-state index in [2.05, 4.69) is 11.5 Å². The van der Waals surface area contributed by atoms with E-state index >= 15 is 0 Å². The SMILES string of the molecule is C=COCCN1C2CCCCC2C2CCCCC21. The molecule has 3 aliphatic rings. The van der Waals surface area contributed by atoms with Crippen LogP contribution in [0.4, 0.5) is 0 Å². The Morgan fingerprint density at radius 1 is 0.944 bits per heavy atom. The molecule has 3 rings (SSSR count). The van der Waals surface area contributed by atoms with E-state index in [9.17, 15) is 0 Å². The summed E-state index contributed by atoms with van der Waals surface area (Å²) < 4.78 is 5.38. The van der Waals surface area contributed by atoms with E-state index in [1.807, 2.05) is 0 Å². The predicted octanol–water partition coefficient (Wildman–Crippen LogP) is 3.58. The van der Waals surface area contributed by atoms with Crippen LogP contribution in [-0.4, -0.2) is 30.1 Å². The molecule has 2 heteroatoms. The molecule has 1 heterocycles. The number of hydrogen-bond acceptors (Lipinski definition) is 2. The molecule has 18 heavy (non-hydrogen) atoms. The normalized spacial score (nSPS) is 40.0. The minimum atomic E-state index is 0.829. The lowest BCUT2D eigenvalue weighted by Crippen LogP contribution is -2.41. The lowest BCUT2D eigenvalue weighted by atomic mass is 9.73. The van der Waals surface area contributed by atoms with Gasteiger partial charge in [0.15, 0.2) is 0 Å². The molecule has 0 bridgehead atoms. The van der Waals surface area contributed by atoms with E-state index in [-0.39, 0.29) is 0 Å². The van der Waals surface area contributed by atoms with Crippen LogP contribution in [0.15, 0.2) is 12.8 Å². The maximum atomic E-state index is 5.38. The Bertz CT molecular complexity index is 269. The Morgan fingerprint density at radius 3 is 2.06 bits per heavy atom. The Hall–Kier alpha value is -0.500. The largest absolute Gasteiger partial charge is 0.500 e. The fourth-order valence-electron chi connectivity index (χ4n) is 4.92. The zero-order chi connectivity index (χ0) is 12.4. The Kier molecular flexibility index (Phi) is 3.93. The predicted molar refractivity (Wildman–Crippen MR) is 74.3 cm³/mol. The molecule has 4 unspecified atom stereocenters. The van der Waals surface area contributed by atoms with Gasteiger partial charge in [0.1, 0.15) is 0 Å². The molecular formula is C16H27NO. The summed E-state index contributed by atoms with van der Waals surface area (Å²) in [5.41, 5.74) is 0. The summed E-state index contributed by atoms with van der Waals surface area (Å²) in [5.74, 6) is 2.01. The van der Waals surface area contributed by atoms with Crippen LogP contribution in [0.5, 0.6) is 0 Å². The minimum Gasteiger partial charge on any atom is -0.500 e. The van der Waals surface area contributed by atoms with Gasteiger partial charge in [0, 0.05) is 18.6 Å². The molecule has 0 N–H and O–H groups in total. The number of hydrogen-bond donors (Lipinski definition) is 0. The van der Waals surface area contributed by atoms with Crippen LogP contribution >= 0.6 is 0 Å². The first-order valence-electron chi connectivity index (χ1n) is 7.90. The molecule has 0 aromatic heterocycles. The number of ether oxygens (including phenoxy) is 1. The molecule has 2 aliphatic carbocycles. The van der Waals surface area contributed by atoms with Gasteiger partial charge in [-0.3, -0.25) is 4.90 Å². The van der Waals surface area contributed by atoms with Gasteiger partial charge in [-0.1, -0.05) is 32.3 Å². The van der Waals surface area contributed by atoms with Crippen LogP contribution in [-0.2, 0) is 4.74 Å². The lowest BCUT2D eigenvalue weighted by molar-refractivity contribution is 0.103. The summed E-state index contributed by atoms with van der Waals surface area (Å²) >= 11 is 0. The van der Waals surface area contributed by atoms with Gasteiger partial charge in [-0.15, -0.1) is 0 Å². The molecule has 3 fully saturated rings. The van der Waals surface area contributed by atoms with Gasteiger partial charge in [0.25, 0.3) is 0 Å². The molecule has 1 saturated heterocycles. The molecule has 0 spiro atoms. The van der Waals surface area contributed by atoms with E-state index in [0.29, 0.717) is 0 Å². The molecule has 0 aromatic rings. The number of rotatable bonds is 4. The molecule has 0 amide bonds. The second kappa shape index (κ2) is 5.64. The van der Waals surface area contributed by atoms with Crippen LogP contribution in [0.1, 0.15) is 51.4 Å².